The van der Waals surface area contributed by atoms with Crippen LogP contribution in [0.15, 0.2) is 51.5 Å². The van der Waals surface area contributed by atoms with Crippen molar-refractivity contribution in [2.75, 3.05) is 0 Å². The second-order valence-corrected chi connectivity index (χ2v) is 7.00. The average Bonchev–Trinajstić information content (AvgIpc) is 3.15. The summed E-state index contributed by atoms with van der Waals surface area (Å²) in [6, 6.07) is 12.6. The Hall–Kier alpha value is -2.05. The normalized spacial score (nSPS) is 15.5. The molecule has 6 heteroatoms. The smallest absolute Gasteiger partial charge is 0.259 e. The number of halogens is 2. The Morgan fingerprint density at radius 1 is 1.17 bits per heavy atom. The van der Waals surface area contributed by atoms with Crippen molar-refractivity contribution in [1.82, 2.24) is 10.1 Å². The molecule has 2 aromatic carbocycles. The van der Waals surface area contributed by atoms with Crippen LogP contribution in [0.1, 0.15) is 28.4 Å². The summed E-state index contributed by atoms with van der Waals surface area (Å²) >= 11 is 3.32. The first-order chi connectivity index (χ1) is 11.5. The highest BCUT2D eigenvalue weighted by molar-refractivity contribution is 9.10. The van der Waals surface area contributed by atoms with Gasteiger partial charge in [-0.3, -0.25) is 0 Å². The van der Waals surface area contributed by atoms with E-state index in [0.29, 0.717) is 24.2 Å². The zero-order valence-corrected chi connectivity index (χ0v) is 14.3. The van der Waals surface area contributed by atoms with Gasteiger partial charge in [-0.25, -0.2) is 4.39 Å². The topological polar surface area (TPSA) is 59.2 Å². The molecule has 4 rings (SSSR count). The molecule has 0 fully saturated rings. The molecule has 1 N–H and O–H groups in total. The fourth-order valence-electron chi connectivity index (χ4n) is 3.11. The highest BCUT2D eigenvalue weighted by Gasteiger charge is 2.41. The fraction of sp³-hybridized carbons (Fsp3) is 0.222. The van der Waals surface area contributed by atoms with Gasteiger partial charge in [0.05, 0.1) is 0 Å². The minimum atomic E-state index is -1.19. The van der Waals surface area contributed by atoms with Crippen molar-refractivity contribution in [3.05, 3.63) is 81.2 Å². The number of aromatic nitrogens is 2. The van der Waals surface area contributed by atoms with Crippen molar-refractivity contribution >= 4 is 15.9 Å². The van der Waals surface area contributed by atoms with Crippen molar-refractivity contribution < 1.29 is 14.0 Å². The second kappa shape index (κ2) is 5.79. The summed E-state index contributed by atoms with van der Waals surface area (Å²) in [6.45, 7) is 0. The van der Waals surface area contributed by atoms with E-state index >= 15 is 0 Å². The van der Waals surface area contributed by atoms with Crippen molar-refractivity contribution in [2.45, 2.75) is 24.9 Å². The predicted octanol–water partition coefficient (Wildman–Crippen LogP) is 3.55. The van der Waals surface area contributed by atoms with E-state index in [2.05, 4.69) is 26.1 Å². The van der Waals surface area contributed by atoms with Crippen LogP contribution in [0.2, 0.25) is 0 Å². The van der Waals surface area contributed by atoms with E-state index < -0.39 is 5.60 Å². The van der Waals surface area contributed by atoms with Gasteiger partial charge in [0.1, 0.15) is 5.82 Å². The standard InChI is InChI=1S/C18H14BrFN2O2/c19-14-5-6-15(20)13(7-14)8-16-21-17(24-22-16)18(23)9-11-3-1-2-4-12(11)10-18/h1-7,23H,8-10H2. The molecule has 4 nitrogen and oxygen atoms in total. The van der Waals surface area contributed by atoms with Crippen molar-refractivity contribution in [3.8, 4) is 0 Å². The van der Waals surface area contributed by atoms with E-state index in [0.717, 1.165) is 15.6 Å². The zero-order chi connectivity index (χ0) is 16.7. The maximum absolute atomic E-state index is 13.9. The average molecular weight is 389 g/mol. The molecule has 0 saturated carbocycles. The Kier molecular flexibility index (Phi) is 3.73. The molecule has 24 heavy (non-hydrogen) atoms. The summed E-state index contributed by atoms with van der Waals surface area (Å²) in [7, 11) is 0. The van der Waals surface area contributed by atoms with Gasteiger partial charge in [0.25, 0.3) is 5.89 Å². The van der Waals surface area contributed by atoms with Gasteiger partial charge in [-0.1, -0.05) is 45.4 Å². The van der Waals surface area contributed by atoms with Gasteiger partial charge >= 0.3 is 0 Å². The quantitative estimate of drug-likeness (QED) is 0.745. The number of fused-ring (bicyclic) bond motifs is 1. The lowest BCUT2D eigenvalue weighted by Crippen LogP contribution is -2.26. The maximum Gasteiger partial charge on any atom is 0.259 e. The first-order valence-electron chi connectivity index (χ1n) is 7.60. The Morgan fingerprint density at radius 3 is 2.58 bits per heavy atom. The Bertz CT molecular complexity index is 885. The molecule has 0 radical (unpaired) electrons. The number of rotatable bonds is 3. The highest BCUT2D eigenvalue weighted by Crippen LogP contribution is 2.36. The van der Waals surface area contributed by atoms with Gasteiger partial charge in [0.2, 0.25) is 0 Å². The van der Waals surface area contributed by atoms with E-state index in [1.54, 1.807) is 12.1 Å². The maximum atomic E-state index is 13.9. The number of nitrogens with zero attached hydrogens (tertiary/aromatic N) is 2. The van der Waals surface area contributed by atoms with Crippen LogP contribution in [0.4, 0.5) is 4.39 Å². The fourth-order valence-corrected chi connectivity index (χ4v) is 3.52. The van der Waals surface area contributed by atoms with E-state index in [4.69, 9.17) is 4.52 Å². The van der Waals surface area contributed by atoms with Crippen molar-refractivity contribution in [2.24, 2.45) is 0 Å². The van der Waals surface area contributed by atoms with Gasteiger partial charge in [-0.15, -0.1) is 0 Å². The number of hydrogen-bond acceptors (Lipinski definition) is 4. The second-order valence-electron chi connectivity index (χ2n) is 6.08. The molecule has 0 atom stereocenters. The van der Waals surface area contributed by atoms with Crippen LogP contribution in [0.3, 0.4) is 0 Å². The summed E-state index contributed by atoms with van der Waals surface area (Å²) in [6.07, 6.45) is 1.09. The van der Waals surface area contributed by atoms with E-state index in [1.165, 1.54) is 6.07 Å². The van der Waals surface area contributed by atoms with E-state index in [-0.39, 0.29) is 18.1 Å². The van der Waals surface area contributed by atoms with E-state index in [1.807, 2.05) is 24.3 Å². The minimum Gasteiger partial charge on any atom is -0.379 e. The zero-order valence-electron chi connectivity index (χ0n) is 12.7. The Labute approximate surface area is 146 Å². The Balaban J connectivity index is 1.58. The molecule has 0 unspecified atom stereocenters. The molecule has 0 bridgehead atoms. The molecular formula is C18H14BrFN2O2. The largest absolute Gasteiger partial charge is 0.379 e. The minimum absolute atomic E-state index is 0.184. The molecule has 0 spiro atoms. The molecule has 3 aromatic rings. The predicted molar refractivity (Wildman–Crippen MR) is 89.0 cm³/mol. The molecule has 1 aliphatic carbocycles. The lowest BCUT2D eigenvalue weighted by atomic mass is 10.0. The third-order valence-corrected chi connectivity index (χ3v) is 4.80. The Morgan fingerprint density at radius 2 is 1.88 bits per heavy atom. The summed E-state index contributed by atoms with van der Waals surface area (Å²) < 4.78 is 19.9. The van der Waals surface area contributed by atoms with Crippen molar-refractivity contribution in [3.63, 3.8) is 0 Å². The van der Waals surface area contributed by atoms with Crippen LogP contribution in [-0.4, -0.2) is 15.2 Å². The van der Waals surface area contributed by atoms with Crippen LogP contribution in [-0.2, 0) is 24.9 Å². The molecule has 1 heterocycles. The molecule has 1 aliphatic rings. The summed E-state index contributed by atoms with van der Waals surface area (Å²) in [5.74, 6) is 0.215. The SMILES string of the molecule is OC1(c2nc(Cc3cc(Br)ccc3F)no2)Cc2ccccc2C1. The van der Waals surface area contributed by atoms with Crippen LogP contribution < -0.4 is 0 Å². The third-order valence-electron chi connectivity index (χ3n) is 4.31. The van der Waals surface area contributed by atoms with Crippen LogP contribution in [0.25, 0.3) is 0 Å². The van der Waals surface area contributed by atoms with Crippen LogP contribution in [0.5, 0.6) is 0 Å². The summed E-state index contributed by atoms with van der Waals surface area (Å²) in [5.41, 5.74) is 1.44. The lowest BCUT2D eigenvalue weighted by Gasteiger charge is -2.16. The summed E-state index contributed by atoms with van der Waals surface area (Å²) in [4.78, 5) is 4.30. The van der Waals surface area contributed by atoms with Gasteiger partial charge in [0, 0.05) is 23.7 Å². The third kappa shape index (κ3) is 2.76. The molecule has 122 valence electrons. The molecular weight excluding hydrogens is 375 g/mol. The van der Waals surface area contributed by atoms with Gasteiger partial charge in [-0.2, -0.15) is 4.98 Å². The first kappa shape index (κ1) is 15.5. The van der Waals surface area contributed by atoms with Crippen LogP contribution in [0, 0.1) is 5.82 Å². The molecule has 0 saturated heterocycles. The first-order valence-corrected chi connectivity index (χ1v) is 8.39. The molecule has 1 aromatic heterocycles. The van der Waals surface area contributed by atoms with Crippen LogP contribution >= 0.6 is 15.9 Å². The van der Waals surface area contributed by atoms with E-state index in [9.17, 15) is 9.50 Å². The number of aliphatic hydroxyl groups is 1. The molecule has 0 aliphatic heterocycles. The van der Waals surface area contributed by atoms with Gasteiger partial charge in [-0.05, 0) is 34.9 Å². The van der Waals surface area contributed by atoms with Gasteiger partial charge in [0.15, 0.2) is 11.4 Å². The van der Waals surface area contributed by atoms with Crippen molar-refractivity contribution in [1.29, 1.82) is 0 Å². The molecule has 0 amide bonds. The monoisotopic (exact) mass is 388 g/mol. The number of hydrogen-bond donors (Lipinski definition) is 1. The highest BCUT2D eigenvalue weighted by atomic mass is 79.9. The van der Waals surface area contributed by atoms with Gasteiger partial charge < -0.3 is 9.63 Å². The number of benzene rings is 2. The summed E-state index contributed by atoms with van der Waals surface area (Å²) in [5, 5.41) is 14.8. The lowest BCUT2D eigenvalue weighted by molar-refractivity contribution is 0.0145.